The van der Waals surface area contributed by atoms with Gasteiger partial charge in [0, 0.05) is 12.2 Å². The van der Waals surface area contributed by atoms with Crippen LogP contribution in [-0.2, 0) is 11.3 Å². The van der Waals surface area contributed by atoms with E-state index in [-0.39, 0.29) is 18.5 Å². The van der Waals surface area contributed by atoms with E-state index in [0.717, 1.165) is 5.56 Å². The van der Waals surface area contributed by atoms with Crippen molar-refractivity contribution in [1.29, 1.82) is 0 Å². The van der Waals surface area contributed by atoms with E-state index in [1.165, 1.54) is 12.1 Å². The zero-order valence-corrected chi connectivity index (χ0v) is 13.7. The molecule has 136 valence electrons. The Morgan fingerprint density at radius 1 is 1.15 bits per heavy atom. The fourth-order valence-corrected chi connectivity index (χ4v) is 2.81. The molecule has 0 aromatic heterocycles. The van der Waals surface area contributed by atoms with Crippen molar-refractivity contribution in [2.75, 3.05) is 12.1 Å². The van der Waals surface area contributed by atoms with Crippen molar-refractivity contribution in [2.24, 2.45) is 0 Å². The lowest BCUT2D eigenvalue weighted by atomic mass is 10.1. The van der Waals surface area contributed by atoms with Crippen LogP contribution in [0.4, 0.5) is 10.1 Å². The lowest BCUT2D eigenvalue weighted by Gasteiger charge is -2.20. The highest BCUT2D eigenvalue weighted by Gasteiger charge is 2.32. The minimum atomic E-state index is -0.590. The lowest BCUT2D eigenvalue weighted by Crippen LogP contribution is -2.50. The third kappa shape index (κ3) is 3.54. The standard InChI is InChI=1S/C17H18FN5O3/c18-11-2-1-3-12(7-11)20-16-15(21-23-22-16)17(24)19-8-10-4-5-13-14(6-10)26-9-25-13/h1-7,15-16,20-23H,8-9H2,(H,19,24). The maximum absolute atomic E-state index is 13.3. The topological polar surface area (TPSA) is 95.7 Å². The Hall–Kier alpha value is -2.88. The highest BCUT2D eigenvalue weighted by molar-refractivity contribution is 5.83. The number of carbonyl (C=O) groups is 1. The number of nitrogens with one attached hydrogen (secondary N) is 5. The minimum Gasteiger partial charge on any atom is -0.454 e. The fraction of sp³-hybridized carbons (Fsp3) is 0.235. The molecule has 9 heteroatoms. The molecule has 0 saturated carbocycles. The molecule has 0 radical (unpaired) electrons. The highest BCUT2D eigenvalue weighted by atomic mass is 19.1. The van der Waals surface area contributed by atoms with Crippen LogP contribution < -0.4 is 36.5 Å². The monoisotopic (exact) mass is 359 g/mol. The van der Waals surface area contributed by atoms with E-state index < -0.39 is 12.2 Å². The van der Waals surface area contributed by atoms with Gasteiger partial charge < -0.3 is 20.1 Å². The number of amides is 1. The van der Waals surface area contributed by atoms with Gasteiger partial charge in [-0.3, -0.25) is 4.79 Å². The Morgan fingerprint density at radius 2 is 2.04 bits per heavy atom. The van der Waals surface area contributed by atoms with Crippen molar-refractivity contribution >= 4 is 11.6 Å². The maximum atomic E-state index is 13.3. The largest absolute Gasteiger partial charge is 0.454 e. The van der Waals surface area contributed by atoms with Gasteiger partial charge in [0.2, 0.25) is 12.7 Å². The van der Waals surface area contributed by atoms with Gasteiger partial charge in [-0.15, -0.1) is 0 Å². The van der Waals surface area contributed by atoms with Gasteiger partial charge in [-0.05, 0) is 35.9 Å². The molecule has 1 fully saturated rings. The van der Waals surface area contributed by atoms with Crippen molar-refractivity contribution in [3.63, 3.8) is 0 Å². The van der Waals surface area contributed by atoms with Gasteiger partial charge in [-0.1, -0.05) is 12.1 Å². The Bertz CT molecular complexity index is 819. The van der Waals surface area contributed by atoms with Crippen molar-refractivity contribution in [1.82, 2.24) is 21.7 Å². The quantitative estimate of drug-likeness (QED) is 0.533. The van der Waals surface area contributed by atoms with Crippen LogP contribution >= 0.6 is 0 Å². The summed E-state index contributed by atoms with van der Waals surface area (Å²) in [4.78, 5) is 12.5. The molecule has 1 amide bonds. The van der Waals surface area contributed by atoms with Gasteiger partial charge in [-0.2, -0.15) is 5.53 Å². The van der Waals surface area contributed by atoms with Gasteiger partial charge in [0.15, 0.2) is 11.5 Å². The average Bonchev–Trinajstić information content (AvgIpc) is 3.28. The Labute approximate surface area is 149 Å². The molecule has 2 heterocycles. The lowest BCUT2D eigenvalue weighted by molar-refractivity contribution is -0.123. The van der Waals surface area contributed by atoms with E-state index in [9.17, 15) is 9.18 Å². The average molecular weight is 359 g/mol. The van der Waals surface area contributed by atoms with Crippen molar-refractivity contribution in [3.8, 4) is 11.5 Å². The number of hydrogen-bond acceptors (Lipinski definition) is 7. The van der Waals surface area contributed by atoms with E-state index >= 15 is 0 Å². The summed E-state index contributed by atoms with van der Waals surface area (Å²) in [5.74, 6) is 0.807. The molecule has 0 bridgehead atoms. The number of carbonyl (C=O) groups excluding carboxylic acids is 1. The van der Waals surface area contributed by atoms with Crippen LogP contribution in [0.15, 0.2) is 42.5 Å². The number of benzene rings is 2. The molecule has 2 aliphatic heterocycles. The smallest absolute Gasteiger partial charge is 0.242 e. The van der Waals surface area contributed by atoms with E-state index in [1.807, 2.05) is 18.2 Å². The summed E-state index contributed by atoms with van der Waals surface area (Å²) < 4.78 is 23.9. The highest BCUT2D eigenvalue weighted by Crippen LogP contribution is 2.32. The molecule has 2 aliphatic rings. The summed E-state index contributed by atoms with van der Waals surface area (Å²) in [5, 5.41) is 5.94. The van der Waals surface area contributed by atoms with E-state index in [1.54, 1.807) is 12.1 Å². The predicted molar refractivity (Wildman–Crippen MR) is 91.4 cm³/mol. The summed E-state index contributed by atoms with van der Waals surface area (Å²) in [6.07, 6.45) is -0.450. The van der Waals surface area contributed by atoms with E-state index in [0.29, 0.717) is 23.7 Å². The van der Waals surface area contributed by atoms with Gasteiger partial charge in [-0.25, -0.2) is 15.2 Å². The molecule has 0 aliphatic carbocycles. The minimum absolute atomic E-state index is 0.210. The summed E-state index contributed by atoms with van der Waals surface area (Å²) in [7, 11) is 0. The molecule has 2 aromatic carbocycles. The van der Waals surface area contributed by atoms with Crippen LogP contribution in [0, 0.1) is 5.82 Å². The number of anilines is 1. The predicted octanol–water partition coefficient (Wildman–Crippen LogP) is 0.590. The van der Waals surface area contributed by atoms with Crippen LogP contribution in [0.25, 0.3) is 0 Å². The van der Waals surface area contributed by atoms with Crippen LogP contribution in [0.3, 0.4) is 0 Å². The number of ether oxygens (including phenoxy) is 2. The Kier molecular flexibility index (Phi) is 4.57. The zero-order chi connectivity index (χ0) is 17.9. The summed E-state index contributed by atoms with van der Waals surface area (Å²) in [5.41, 5.74) is 9.93. The first-order valence-electron chi connectivity index (χ1n) is 8.13. The van der Waals surface area contributed by atoms with Crippen LogP contribution in [0.5, 0.6) is 11.5 Å². The van der Waals surface area contributed by atoms with Gasteiger partial charge in [0.05, 0.1) is 0 Å². The first-order chi connectivity index (χ1) is 12.7. The van der Waals surface area contributed by atoms with E-state index in [2.05, 4.69) is 27.0 Å². The van der Waals surface area contributed by atoms with Crippen LogP contribution in [-0.4, -0.2) is 24.9 Å². The molecule has 26 heavy (non-hydrogen) atoms. The first kappa shape index (κ1) is 16.6. The molecule has 1 saturated heterocycles. The van der Waals surface area contributed by atoms with Crippen molar-refractivity contribution < 1.29 is 18.7 Å². The Morgan fingerprint density at radius 3 is 2.92 bits per heavy atom. The molecular weight excluding hydrogens is 341 g/mol. The third-order valence-corrected chi connectivity index (χ3v) is 4.12. The number of hydrazine groups is 2. The molecule has 2 unspecified atom stereocenters. The third-order valence-electron chi connectivity index (χ3n) is 4.12. The Balaban J connectivity index is 1.36. The summed E-state index contributed by atoms with van der Waals surface area (Å²) >= 11 is 0. The number of hydrogen-bond donors (Lipinski definition) is 5. The molecule has 4 rings (SSSR count). The van der Waals surface area contributed by atoms with E-state index in [4.69, 9.17) is 9.47 Å². The van der Waals surface area contributed by atoms with Crippen molar-refractivity contribution in [3.05, 3.63) is 53.8 Å². The second kappa shape index (κ2) is 7.16. The zero-order valence-electron chi connectivity index (χ0n) is 13.7. The fourth-order valence-electron chi connectivity index (χ4n) is 2.81. The second-order valence-electron chi connectivity index (χ2n) is 5.93. The first-order valence-corrected chi connectivity index (χ1v) is 8.13. The maximum Gasteiger partial charge on any atom is 0.242 e. The van der Waals surface area contributed by atoms with Gasteiger partial charge >= 0.3 is 0 Å². The number of halogens is 1. The SMILES string of the molecule is O=C(NCc1ccc2c(c1)OCO2)C1NNNC1Nc1cccc(F)c1. The number of rotatable bonds is 5. The van der Waals surface area contributed by atoms with Gasteiger partial charge in [0.25, 0.3) is 0 Å². The second-order valence-corrected chi connectivity index (χ2v) is 5.93. The van der Waals surface area contributed by atoms with Crippen LogP contribution in [0.2, 0.25) is 0 Å². The van der Waals surface area contributed by atoms with Crippen LogP contribution in [0.1, 0.15) is 5.56 Å². The van der Waals surface area contributed by atoms with Crippen molar-refractivity contribution in [2.45, 2.75) is 18.8 Å². The summed E-state index contributed by atoms with van der Waals surface area (Å²) in [6, 6.07) is 11.0. The molecular formula is C17H18FN5O3. The normalized spacial score (nSPS) is 20.8. The molecule has 0 spiro atoms. The van der Waals surface area contributed by atoms with Gasteiger partial charge in [0.1, 0.15) is 18.0 Å². The number of fused-ring (bicyclic) bond motifs is 1. The summed E-state index contributed by atoms with van der Waals surface area (Å²) in [6.45, 7) is 0.558. The molecule has 5 N–H and O–H groups in total. The molecule has 8 nitrogen and oxygen atoms in total. The molecule has 2 aromatic rings. The molecule has 2 atom stereocenters.